The molecule has 5 rings (SSSR count). The van der Waals surface area contributed by atoms with Crippen molar-refractivity contribution in [3.63, 3.8) is 0 Å². The zero-order valence-electron chi connectivity index (χ0n) is 33.2. The number of aliphatic hydroxyl groups is 2. The van der Waals surface area contributed by atoms with E-state index in [2.05, 4.69) is 0 Å². The molecule has 0 saturated heterocycles. The minimum Gasteiger partial charge on any atom is -0.497 e. The van der Waals surface area contributed by atoms with Crippen LogP contribution in [0.4, 0.5) is 0 Å². The van der Waals surface area contributed by atoms with Gasteiger partial charge in [0.1, 0.15) is 39.6 Å². The molecule has 10 nitrogen and oxygen atoms in total. The van der Waals surface area contributed by atoms with Gasteiger partial charge in [0.15, 0.2) is 0 Å². The van der Waals surface area contributed by atoms with Crippen LogP contribution < -0.4 is 24.7 Å². The fraction of sp³-hybridized carbons (Fsp3) is 0.422. The lowest BCUT2D eigenvalue weighted by atomic mass is 9.69. The van der Waals surface area contributed by atoms with Crippen LogP contribution in [0.5, 0.6) is 23.0 Å². The second-order valence-electron chi connectivity index (χ2n) is 15.2. The summed E-state index contributed by atoms with van der Waals surface area (Å²) >= 11 is 0. The summed E-state index contributed by atoms with van der Waals surface area (Å²) in [6.45, 7) is 7.75. The van der Waals surface area contributed by atoms with Gasteiger partial charge in [-0.3, -0.25) is 9.59 Å². The van der Waals surface area contributed by atoms with Gasteiger partial charge in [0, 0.05) is 0 Å². The van der Waals surface area contributed by atoms with Gasteiger partial charge >= 0.3 is 0 Å². The molecule has 0 aromatic heterocycles. The summed E-state index contributed by atoms with van der Waals surface area (Å²) in [4.78, 5) is 31.3. The lowest BCUT2D eigenvalue weighted by Crippen LogP contribution is -2.68. The number of benzene rings is 4. The van der Waals surface area contributed by atoms with Gasteiger partial charge in [0.05, 0.1) is 40.5 Å². The SMILES string of the molecule is COc1ccc(C(O)(c2ccc(OC)cc2)C(C(C)C)N(C(=O)C2(C(N)=O)CCCC2)C(C(C)C)C(O)(c2ccc(OC)cc2)c2ccc(OC)cc2)cc1. The molecule has 2 amide bonds. The van der Waals surface area contributed by atoms with Crippen molar-refractivity contribution in [1.82, 2.24) is 4.90 Å². The van der Waals surface area contributed by atoms with E-state index in [-0.39, 0.29) is 12.8 Å². The third-order valence-electron chi connectivity index (χ3n) is 11.4. The van der Waals surface area contributed by atoms with Crippen molar-refractivity contribution in [3.8, 4) is 23.0 Å². The van der Waals surface area contributed by atoms with Crippen LogP contribution in [0.25, 0.3) is 0 Å². The van der Waals surface area contributed by atoms with E-state index in [9.17, 15) is 15.0 Å². The van der Waals surface area contributed by atoms with Gasteiger partial charge in [-0.1, -0.05) is 89.1 Å². The minimum absolute atomic E-state index is 0.250. The van der Waals surface area contributed by atoms with Gasteiger partial charge in [-0.2, -0.15) is 0 Å². The molecule has 10 heteroatoms. The zero-order chi connectivity index (χ0) is 40.1. The average Bonchev–Trinajstić information content (AvgIpc) is 3.72. The Bertz CT molecular complexity index is 1670. The fourth-order valence-electron chi connectivity index (χ4n) is 8.62. The van der Waals surface area contributed by atoms with Crippen molar-refractivity contribution in [2.24, 2.45) is 23.0 Å². The molecule has 0 heterocycles. The smallest absolute Gasteiger partial charge is 0.239 e. The Labute approximate surface area is 325 Å². The number of nitrogens with zero attached hydrogens (tertiary/aromatic N) is 1. The summed E-state index contributed by atoms with van der Waals surface area (Å²) in [5.74, 6) is 0.173. The van der Waals surface area contributed by atoms with E-state index in [4.69, 9.17) is 24.7 Å². The van der Waals surface area contributed by atoms with Crippen LogP contribution in [0.1, 0.15) is 75.6 Å². The van der Waals surface area contributed by atoms with Gasteiger partial charge in [-0.25, -0.2) is 0 Å². The molecular formula is C45H56N2O8. The molecule has 294 valence electrons. The number of primary amides is 1. The van der Waals surface area contributed by atoms with E-state index in [0.29, 0.717) is 58.1 Å². The molecule has 4 aromatic carbocycles. The highest BCUT2D eigenvalue weighted by Crippen LogP contribution is 2.50. The first-order valence-electron chi connectivity index (χ1n) is 18.9. The summed E-state index contributed by atoms with van der Waals surface area (Å²) in [7, 11) is 6.27. The van der Waals surface area contributed by atoms with Crippen molar-refractivity contribution < 1.29 is 38.7 Å². The molecule has 0 aliphatic heterocycles. The van der Waals surface area contributed by atoms with Crippen molar-refractivity contribution in [3.05, 3.63) is 119 Å². The van der Waals surface area contributed by atoms with Crippen LogP contribution >= 0.6 is 0 Å². The second kappa shape index (κ2) is 16.8. The molecular weight excluding hydrogens is 697 g/mol. The Morgan fingerprint density at radius 3 is 1.02 bits per heavy atom. The Kier molecular flexibility index (Phi) is 12.5. The summed E-state index contributed by atoms with van der Waals surface area (Å²) in [5.41, 5.74) is 2.79. The molecule has 1 aliphatic rings. The van der Waals surface area contributed by atoms with E-state index in [1.165, 1.54) is 0 Å². The summed E-state index contributed by atoms with van der Waals surface area (Å²) < 4.78 is 22.0. The highest BCUT2D eigenvalue weighted by atomic mass is 16.5. The number of carbonyl (C=O) groups excluding carboxylic acids is 2. The van der Waals surface area contributed by atoms with Crippen LogP contribution in [-0.2, 0) is 20.8 Å². The van der Waals surface area contributed by atoms with Gasteiger partial charge < -0.3 is 39.8 Å². The Balaban J connectivity index is 1.92. The van der Waals surface area contributed by atoms with Gasteiger partial charge in [0.25, 0.3) is 0 Å². The van der Waals surface area contributed by atoms with Crippen molar-refractivity contribution >= 4 is 11.8 Å². The first-order valence-corrected chi connectivity index (χ1v) is 18.9. The third kappa shape index (κ3) is 7.50. The van der Waals surface area contributed by atoms with Crippen LogP contribution in [0.3, 0.4) is 0 Å². The van der Waals surface area contributed by atoms with Crippen LogP contribution in [0.2, 0.25) is 0 Å². The quantitative estimate of drug-likeness (QED) is 0.106. The maximum Gasteiger partial charge on any atom is 0.239 e. The maximum absolute atomic E-state index is 15.9. The lowest BCUT2D eigenvalue weighted by Gasteiger charge is -2.55. The summed E-state index contributed by atoms with van der Waals surface area (Å²) in [6.07, 6.45) is 1.76. The normalized spacial score (nSPS) is 15.3. The third-order valence-corrected chi connectivity index (χ3v) is 11.4. The summed E-state index contributed by atoms with van der Waals surface area (Å²) in [6, 6.07) is 26.2. The van der Waals surface area contributed by atoms with Crippen LogP contribution in [0, 0.1) is 17.3 Å². The Hall–Kier alpha value is -5.06. The van der Waals surface area contributed by atoms with Gasteiger partial charge in [0.2, 0.25) is 11.8 Å². The monoisotopic (exact) mass is 752 g/mol. The molecule has 1 fully saturated rings. The molecule has 55 heavy (non-hydrogen) atoms. The van der Waals surface area contributed by atoms with Crippen molar-refractivity contribution in [1.29, 1.82) is 0 Å². The predicted octanol–water partition coefficient (Wildman–Crippen LogP) is 6.82. The zero-order valence-corrected chi connectivity index (χ0v) is 33.2. The minimum atomic E-state index is -1.91. The molecule has 1 saturated carbocycles. The van der Waals surface area contributed by atoms with Gasteiger partial charge in [-0.05, 0) is 95.5 Å². The molecule has 2 atom stereocenters. The second-order valence-corrected chi connectivity index (χ2v) is 15.2. The highest BCUT2D eigenvalue weighted by Gasteiger charge is 2.59. The number of methoxy groups -OCH3 is 4. The molecule has 0 radical (unpaired) electrons. The average molecular weight is 753 g/mol. The largest absolute Gasteiger partial charge is 0.497 e. The molecule has 0 spiro atoms. The number of nitrogens with two attached hydrogens (primary N) is 1. The fourth-order valence-corrected chi connectivity index (χ4v) is 8.62. The molecule has 4 aromatic rings. The van der Waals surface area contributed by atoms with Crippen molar-refractivity contribution in [2.75, 3.05) is 28.4 Å². The molecule has 0 bridgehead atoms. The topological polar surface area (TPSA) is 141 Å². The summed E-state index contributed by atoms with van der Waals surface area (Å²) in [5, 5.41) is 27.5. The van der Waals surface area contributed by atoms with Gasteiger partial charge in [-0.15, -0.1) is 0 Å². The first kappa shape index (κ1) is 41.1. The standard InChI is InChI=1S/C45H56N2O8/c1-29(2)39(44(50,31-11-19-35(52-5)20-12-31)32-13-21-36(53-6)22-14-32)47(42(49)43(41(46)48)27-9-10-28-43)40(30(3)4)45(51,33-15-23-37(54-7)24-16-33)34-17-25-38(55-8)26-18-34/h11-26,29-30,39-40,50-51H,9-10,27-28H2,1-8H3,(H2,46,48). The van der Waals surface area contributed by atoms with E-state index in [0.717, 1.165) is 0 Å². The van der Waals surface area contributed by atoms with E-state index in [1.807, 2.05) is 27.7 Å². The van der Waals surface area contributed by atoms with E-state index in [1.54, 1.807) is 130 Å². The van der Waals surface area contributed by atoms with E-state index < -0.39 is 52.4 Å². The molecule has 2 unspecified atom stereocenters. The maximum atomic E-state index is 15.9. The Morgan fingerprint density at radius 1 is 0.564 bits per heavy atom. The van der Waals surface area contributed by atoms with E-state index >= 15 is 4.79 Å². The number of hydrogen-bond donors (Lipinski definition) is 3. The van der Waals surface area contributed by atoms with Crippen LogP contribution in [-0.4, -0.2) is 67.5 Å². The number of hydrogen-bond acceptors (Lipinski definition) is 8. The highest BCUT2D eigenvalue weighted by molar-refractivity contribution is 6.05. The number of rotatable bonds is 16. The lowest BCUT2D eigenvalue weighted by molar-refractivity contribution is -0.173. The number of amides is 2. The molecule has 1 aliphatic carbocycles. The predicted molar refractivity (Wildman–Crippen MR) is 212 cm³/mol. The molecule has 4 N–H and O–H groups in total. The van der Waals surface area contributed by atoms with Crippen LogP contribution in [0.15, 0.2) is 97.1 Å². The first-order chi connectivity index (χ1) is 26.2. The van der Waals surface area contributed by atoms with Crippen molar-refractivity contribution in [2.45, 2.75) is 76.7 Å². The number of ether oxygens (including phenoxy) is 4. The number of carbonyl (C=O) groups is 2. The Morgan fingerprint density at radius 2 is 0.818 bits per heavy atom.